The first kappa shape index (κ1) is 21.5. The van der Waals surface area contributed by atoms with Crippen LogP contribution in [0.5, 0.6) is 11.5 Å². The maximum atomic E-state index is 6.12. The molecule has 2 aromatic heterocycles. The summed E-state index contributed by atoms with van der Waals surface area (Å²) in [5.74, 6) is 3.40. The van der Waals surface area contributed by atoms with Crippen LogP contribution in [0.25, 0.3) is 33.6 Å². The lowest BCUT2D eigenvalue weighted by Crippen LogP contribution is -2.26. The molecule has 7 heteroatoms. The zero-order chi connectivity index (χ0) is 22.9. The van der Waals surface area contributed by atoms with E-state index < -0.39 is 0 Å². The van der Waals surface area contributed by atoms with Gasteiger partial charge in [-0.05, 0) is 73.8 Å². The number of fused-ring (bicyclic) bond motifs is 1. The number of H-pyrrole nitrogens is 1. The van der Waals surface area contributed by atoms with Crippen LogP contribution in [0.4, 0.5) is 0 Å². The molecule has 1 aliphatic rings. The van der Waals surface area contributed by atoms with Gasteiger partial charge in [0.15, 0.2) is 11.5 Å². The number of hydrogen-bond donors (Lipinski definition) is 2. The second kappa shape index (κ2) is 8.90. The van der Waals surface area contributed by atoms with E-state index in [0.29, 0.717) is 29.2 Å². The molecule has 0 amide bonds. The van der Waals surface area contributed by atoms with E-state index in [2.05, 4.69) is 52.5 Å². The first-order chi connectivity index (χ1) is 16.1. The predicted molar refractivity (Wildman–Crippen MR) is 129 cm³/mol. The molecule has 0 bridgehead atoms. The zero-order valence-corrected chi connectivity index (χ0v) is 19.6. The molecule has 0 aliphatic carbocycles. The maximum absolute atomic E-state index is 6.12. The molecule has 0 saturated carbocycles. The second-order valence-corrected chi connectivity index (χ2v) is 8.87. The zero-order valence-electron chi connectivity index (χ0n) is 19.6. The molecular weight excluding hydrogens is 416 g/mol. The van der Waals surface area contributed by atoms with Gasteiger partial charge in [0.1, 0.15) is 0 Å². The first-order valence-electron chi connectivity index (χ1n) is 11.5. The Bertz CT molecular complexity index is 1270. The molecule has 33 heavy (non-hydrogen) atoms. The lowest BCUT2D eigenvalue weighted by molar-refractivity contribution is 0.355. The Morgan fingerprint density at radius 1 is 0.939 bits per heavy atom. The number of ether oxygens (including phenoxy) is 2. The highest BCUT2D eigenvalue weighted by Crippen LogP contribution is 2.40. The monoisotopic (exact) mass is 446 g/mol. The Morgan fingerprint density at radius 2 is 1.70 bits per heavy atom. The highest BCUT2D eigenvalue weighted by Gasteiger charge is 2.23. The minimum Gasteiger partial charge on any atom is -0.493 e. The third-order valence-corrected chi connectivity index (χ3v) is 6.46. The van der Waals surface area contributed by atoms with Gasteiger partial charge in [0.2, 0.25) is 11.8 Å². The fourth-order valence-corrected chi connectivity index (χ4v) is 4.75. The van der Waals surface area contributed by atoms with Crippen LogP contribution in [0.2, 0.25) is 0 Å². The number of nitrogens with zero attached hydrogens (tertiary/aromatic N) is 2. The number of nitrogens with one attached hydrogen (secondary N) is 2. The number of benzene rings is 2. The van der Waals surface area contributed by atoms with Gasteiger partial charge in [-0.2, -0.15) is 0 Å². The second-order valence-electron chi connectivity index (χ2n) is 8.87. The van der Waals surface area contributed by atoms with Gasteiger partial charge >= 0.3 is 0 Å². The molecule has 5 rings (SSSR count). The molecule has 172 valence electrons. The van der Waals surface area contributed by atoms with Crippen molar-refractivity contribution in [3.8, 4) is 34.2 Å². The van der Waals surface area contributed by atoms with E-state index in [9.17, 15) is 0 Å². The summed E-state index contributed by atoms with van der Waals surface area (Å²) in [6, 6.07) is 12.3. The molecule has 4 aromatic rings. The Morgan fingerprint density at radius 3 is 2.42 bits per heavy atom. The van der Waals surface area contributed by atoms with Crippen molar-refractivity contribution in [1.82, 2.24) is 20.5 Å². The van der Waals surface area contributed by atoms with Crippen LogP contribution in [-0.2, 0) is 0 Å². The largest absolute Gasteiger partial charge is 0.493 e. The van der Waals surface area contributed by atoms with Crippen molar-refractivity contribution in [1.29, 1.82) is 0 Å². The van der Waals surface area contributed by atoms with Crippen molar-refractivity contribution in [3.05, 3.63) is 47.9 Å². The molecular formula is C26H30N4O3. The minimum atomic E-state index is 0.310. The van der Waals surface area contributed by atoms with Crippen LogP contribution in [0, 0.1) is 0 Å². The van der Waals surface area contributed by atoms with Gasteiger partial charge in [0.25, 0.3) is 0 Å². The van der Waals surface area contributed by atoms with Gasteiger partial charge in [-0.1, -0.05) is 13.8 Å². The molecule has 7 nitrogen and oxygen atoms in total. The molecule has 2 N–H and O–H groups in total. The number of aromatic amines is 1. The molecule has 0 unspecified atom stereocenters. The van der Waals surface area contributed by atoms with Crippen LogP contribution < -0.4 is 14.8 Å². The van der Waals surface area contributed by atoms with E-state index >= 15 is 0 Å². The quantitative estimate of drug-likeness (QED) is 0.407. The Balaban J connectivity index is 1.56. The average Bonchev–Trinajstić information content (AvgIpc) is 3.49. The van der Waals surface area contributed by atoms with Crippen LogP contribution in [0.1, 0.15) is 50.0 Å². The van der Waals surface area contributed by atoms with Crippen molar-refractivity contribution in [2.45, 2.75) is 38.5 Å². The fraction of sp³-hybridized carbons (Fsp3) is 0.385. The normalized spacial score (nSPS) is 14.8. The molecule has 0 spiro atoms. The molecule has 3 heterocycles. The minimum absolute atomic E-state index is 0.310. The average molecular weight is 447 g/mol. The Kier molecular flexibility index (Phi) is 5.81. The number of aromatic nitrogens is 3. The van der Waals surface area contributed by atoms with Gasteiger partial charge in [-0.15, -0.1) is 10.2 Å². The van der Waals surface area contributed by atoms with E-state index in [-0.39, 0.29) is 0 Å². The van der Waals surface area contributed by atoms with Crippen molar-refractivity contribution >= 4 is 10.9 Å². The summed E-state index contributed by atoms with van der Waals surface area (Å²) in [4.78, 5) is 3.62. The molecule has 1 saturated heterocycles. The third-order valence-electron chi connectivity index (χ3n) is 6.46. The van der Waals surface area contributed by atoms with Crippen molar-refractivity contribution < 1.29 is 13.9 Å². The summed E-state index contributed by atoms with van der Waals surface area (Å²) < 4.78 is 17.1. The van der Waals surface area contributed by atoms with E-state index in [1.165, 1.54) is 5.56 Å². The van der Waals surface area contributed by atoms with Crippen molar-refractivity contribution in [2.24, 2.45) is 0 Å². The van der Waals surface area contributed by atoms with Gasteiger partial charge in [0, 0.05) is 27.9 Å². The molecule has 2 aromatic carbocycles. The summed E-state index contributed by atoms with van der Waals surface area (Å²) in [6.45, 7) is 6.41. The third kappa shape index (κ3) is 3.97. The number of piperidine rings is 1. The van der Waals surface area contributed by atoms with Crippen molar-refractivity contribution in [2.75, 3.05) is 27.3 Å². The van der Waals surface area contributed by atoms with E-state index in [1.807, 2.05) is 18.2 Å². The van der Waals surface area contributed by atoms with E-state index in [0.717, 1.165) is 59.5 Å². The first-order valence-corrected chi connectivity index (χ1v) is 11.5. The summed E-state index contributed by atoms with van der Waals surface area (Å²) >= 11 is 0. The van der Waals surface area contributed by atoms with Gasteiger partial charge < -0.3 is 24.2 Å². The highest BCUT2D eigenvalue weighted by molar-refractivity contribution is 5.94. The Labute approximate surface area is 193 Å². The highest BCUT2D eigenvalue weighted by atomic mass is 16.5. The number of hydrogen-bond acceptors (Lipinski definition) is 6. The fourth-order valence-electron chi connectivity index (χ4n) is 4.75. The molecule has 0 radical (unpaired) electrons. The smallest absolute Gasteiger partial charge is 0.247 e. The maximum Gasteiger partial charge on any atom is 0.247 e. The van der Waals surface area contributed by atoms with Crippen LogP contribution in [-0.4, -0.2) is 42.5 Å². The van der Waals surface area contributed by atoms with Gasteiger partial charge in [0.05, 0.1) is 19.9 Å². The van der Waals surface area contributed by atoms with Gasteiger partial charge in [-0.3, -0.25) is 0 Å². The Hall–Kier alpha value is -3.32. The summed E-state index contributed by atoms with van der Waals surface area (Å²) in [5.41, 5.74) is 5.40. The van der Waals surface area contributed by atoms with Gasteiger partial charge in [-0.25, -0.2) is 0 Å². The summed E-state index contributed by atoms with van der Waals surface area (Å²) in [6.07, 6.45) is 2.06. The molecule has 1 aliphatic heterocycles. The topological polar surface area (TPSA) is 85.2 Å². The lowest BCUT2D eigenvalue weighted by atomic mass is 9.95. The van der Waals surface area contributed by atoms with E-state index in [1.54, 1.807) is 14.2 Å². The molecule has 0 atom stereocenters. The standard InChI is InChI=1S/C26H30N4O3/c1-15(2)23-19-13-18(26-30-29-25(33-26)16-9-11-27-12-10-16)5-7-20(19)28-24(23)17-6-8-21(31-3)22(14-17)32-4/h5-8,13-16,27-28H,9-12H2,1-4H3. The summed E-state index contributed by atoms with van der Waals surface area (Å²) in [5, 5.41) is 13.3. The summed E-state index contributed by atoms with van der Waals surface area (Å²) in [7, 11) is 3.31. The van der Waals surface area contributed by atoms with Crippen LogP contribution in [0.3, 0.4) is 0 Å². The van der Waals surface area contributed by atoms with Crippen LogP contribution >= 0.6 is 0 Å². The van der Waals surface area contributed by atoms with Crippen molar-refractivity contribution in [3.63, 3.8) is 0 Å². The predicted octanol–water partition coefficient (Wildman–Crippen LogP) is 5.49. The molecule has 1 fully saturated rings. The number of methoxy groups -OCH3 is 2. The van der Waals surface area contributed by atoms with Crippen LogP contribution in [0.15, 0.2) is 40.8 Å². The number of rotatable bonds is 6. The SMILES string of the molecule is COc1ccc(-c2[nH]c3ccc(-c4nnc(C5CCNCC5)o4)cc3c2C(C)C)cc1OC. The lowest BCUT2D eigenvalue weighted by Gasteiger charge is -2.18. The van der Waals surface area contributed by atoms with E-state index in [4.69, 9.17) is 13.9 Å².